The molecule has 0 spiro atoms. The molecular formula is C25H33F3N8O. The Hall–Kier alpha value is -2.96. The van der Waals surface area contributed by atoms with Crippen molar-refractivity contribution in [1.29, 1.82) is 0 Å². The van der Waals surface area contributed by atoms with Crippen LogP contribution < -0.4 is 10.6 Å². The van der Waals surface area contributed by atoms with E-state index in [4.69, 9.17) is 10.5 Å². The van der Waals surface area contributed by atoms with Crippen LogP contribution >= 0.6 is 0 Å². The molecule has 0 aliphatic carbocycles. The maximum atomic E-state index is 13.9. The lowest BCUT2D eigenvalue weighted by Crippen LogP contribution is -2.41. The number of halogens is 3. The Balaban J connectivity index is 1.57. The number of pyridine rings is 1. The number of nitrogen functional groups attached to an aromatic ring is 1. The molecule has 5 rings (SSSR count). The van der Waals surface area contributed by atoms with Crippen LogP contribution in [0.5, 0.6) is 0 Å². The highest BCUT2D eigenvalue weighted by Crippen LogP contribution is 2.37. The largest absolute Gasteiger partial charge is 0.417 e. The third kappa shape index (κ3) is 5.23. The molecule has 2 aliphatic heterocycles. The fourth-order valence-corrected chi connectivity index (χ4v) is 5.21. The third-order valence-electron chi connectivity index (χ3n) is 7.42. The van der Waals surface area contributed by atoms with Crippen molar-refractivity contribution in [3.05, 3.63) is 35.2 Å². The minimum absolute atomic E-state index is 0.0362. The number of nitrogens with two attached hydrogens (primary N) is 1. The number of hydrogen-bond acceptors (Lipinski definition) is 8. The molecule has 5 heterocycles. The number of aryl methyl sites for hydroxylation is 1. The van der Waals surface area contributed by atoms with Gasteiger partial charge in [-0.3, -0.25) is 4.90 Å². The number of rotatable bonds is 5. The standard InChI is InChI=1S/C25H33F3N8O/c1-16-17(15-34-6-4-18(5-7-34)33(2)3)12-21-24(35-8-10-37-11-9-35)31-23(32-36(16)21)19-14-30-22(29)13-20(19)25(26,27)28/h12-14,18H,4-11,15H2,1-3H3,(H2,29,30). The molecule has 3 aromatic heterocycles. The van der Waals surface area contributed by atoms with Gasteiger partial charge in [-0.1, -0.05) is 0 Å². The van der Waals surface area contributed by atoms with Gasteiger partial charge in [0, 0.05) is 37.6 Å². The molecule has 200 valence electrons. The van der Waals surface area contributed by atoms with Crippen molar-refractivity contribution in [2.45, 2.75) is 38.5 Å². The van der Waals surface area contributed by atoms with Gasteiger partial charge in [-0.15, -0.1) is 5.10 Å². The average Bonchev–Trinajstić information content (AvgIpc) is 3.18. The molecule has 0 amide bonds. The van der Waals surface area contributed by atoms with Crippen molar-refractivity contribution in [2.24, 2.45) is 0 Å². The summed E-state index contributed by atoms with van der Waals surface area (Å²) in [5.41, 5.74) is 7.26. The van der Waals surface area contributed by atoms with Crippen molar-refractivity contribution in [3.8, 4) is 11.4 Å². The van der Waals surface area contributed by atoms with Gasteiger partial charge < -0.3 is 20.3 Å². The maximum absolute atomic E-state index is 13.9. The van der Waals surface area contributed by atoms with Gasteiger partial charge in [0.15, 0.2) is 11.6 Å². The highest BCUT2D eigenvalue weighted by molar-refractivity contribution is 5.74. The number of fused-ring (bicyclic) bond motifs is 1. The number of hydrogen-bond donors (Lipinski definition) is 1. The summed E-state index contributed by atoms with van der Waals surface area (Å²) in [6, 6.07) is 3.50. The van der Waals surface area contributed by atoms with Gasteiger partial charge in [-0.25, -0.2) is 14.5 Å². The van der Waals surface area contributed by atoms with Crippen LogP contribution in [0.2, 0.25) is 0 Å². The third-order valence-corrected chi connectivity index (χ3v) is 7.42. The topological polar surface area (TPSA) is 88.0 Å². The van der Waals surface area contributed by atoms with Crippen LogP contribution in [-0.4, -0.2) is 88.9 Å². The number of anilines is 2. The van der Waals surface area contributed by atoms with E-state index in [9.17, 15) is 13.2 Å². The second-order valence-electron chi connectivity index (χ2n) is 10.0. The molecule has 0 radical (unpaired) electrons. The Morgan fingerprint density at radius 3 is 2.46 bits per heavy atom. The minimum atomic E-state index is -4.63. The normalized spacial score (nSPS) is 18.3. The Bertz CT molecular complexity index is 1260. The summed E-state index contributed by atoms with van der Waals surface area (Å²) < 4.78 is 49.0. The summed E-state index contributed by atoms with van der Waals surface area (Å²) in [5.74, 6) is 0.354. The SMILES string of the molecule is Cc1c(CN2CCC(N(C)C)CC2)cc2c(N3CCOCC3)nc(-c3cnc(N)cc3C(F)(F)F)nn12. The quantitative estimate of drug-likeness (QED) is 0.552. The second kappa shape index (κ2) is 10.1. The number of ether oxygens (including phenoxy) is 1. The summed E-state index contributed by atoms with van der Waals surface area (Å²) in [6.45, 7) is 6.94. The van der Waals surface area contributed by atoms with E-state index in [1.165, 1.54) is 0 Å². The lowest BCUT2D eigenvalue weighted by molar-refractivity contribution is -0.137. The first kappa shape index (κ1) is 25.7. The van der Waals surface area contributed by atoms with Crippen molar-refractivity contribution in [3.63, 3.8) is 0 Å². The number of alkyl halides is 3. The predicted molar refractivity (Wildman–Crippen MR) is 135 cm³/mol. The molecule has 0 bridgehead atoms. The van der Waals surface area contributed by atoms with Crippen LogP contribution in [0.4, 0.5) is 24.8 Å². The zero-order valence-corrected chi connectivity index (χ0v) is 21.4. The Labute approximate surface area is 214 Å². The highest BCUT2D eigenvalue weighted by Gasteiger charge is 2.36. The van der Waals surface area contributed by atoms with Gasteiger partial charge >= 0.3 is 6.18 Å². The van der Waals surface area contributed by atoms with E-state index in [0.29, 0.717) is 38.2 Å². The van der Waals surface area contributed by atoms with E-state index < -0.39 is 11.7 Å². The van der Waals surface area contributed by atoms with Gasteiger partial charge in [0.1, 0.15) is 11.3 Å². The first-order valence-corrected chi connectivity index (χ1v) is 12.6. The fourth-order valence-electron chi connectivity index (χ4n) is 5.21. The first-order chi connectivity index (χ1) is 17.6. The van der Waals surface area contributed by atoms with Crippen molar-refractivity contribution in [1.82, 2.24) is 29.4 Å². The zero-order chi connectivity index (χ0) is 26.3. The van der Waals surface area contributed by atoms with Gasteiger partial charge in [0.25, 0.3) is 0 Å². The molecule has 2 saturated heterocycles. The van der Waals surface area contributed by atoms with Crippen molar-refractivity contribution in [2.75, 3.05) is 64.1 Å². The molecule has 3 aromatic rings. The number of morpholine rings is 1. The molecule has 0 aromatic carbocycles. The smallest absolute Gasteiger partial charge is 0.384 e. The number of nitrogens with zero attached hydrogens (tertiary/aromatic N) is 7. The Kier molecular flexibility index (Phi) is 6.99. The van der Waals surface area contributed by atoms with E-state index in [2.05, 4.69) is 45.0 Å². The maximum Gasteiger partial charge on any atom is 0.417 e. The molecule has 9 nitrogen and oxygen atoms in total. The summed E-state index contributed by atoms with van der Waals surface area (Å²) in [4.78, 5) is 15.3. The van der Waals surface area contributed by atoms with Crippen LogP contribution in [0.1, 0.15) is 29.7 Å². The molecular weight excluding hydrogens is 485 g/mol. The minimum Gasteiger partial charge on any atom is -0.384 e. The van der Waals surface area contributed by atoms with Crippen LogP contribution in [-0.2, 0) is 17.5 Å². The lowest BCUT2D eigenvalue weighted by atomic mass is 10.0. The summed E-state index contributed by atoms with van der Waals surface area (Å²) in [7, 11) is 4.24. The lowest BCUT2D eigenvalue weighted by Gasteiger charge is -2.35. The van der Waals surface area contributed by atoms with Crippen LogP contribution in [0.15, 0.2) is 18.3 Å². The zero-order valence-electron chi connectivity index (χ0n) is 21.4. The van der Waals surface area contributed by atoms with Gasteiger partial charge in [0.2, 0.25) is 0 Å². The Morgan fingerprint density at radius 1 is 1.11 bits per heavy atom. The van der Waals surface area contributed by atoms with E-state index in [-0.39, 0.29) is 17.2 Å². The molecule has 2 N–H and O–H groups in total. The summed E-state index contributed by atoms with van der Waals surface area (Å²) >= 11 is 0. The predicted octanol–water partition coefficient (Wildman–Crippen LogP) is 3.06. The van der Waals surface area contributed by atoms with Gasteiger partial charge in [-0.05, 0) is 64.6 Å². The molecule has 37 heavy (non-hydrogen) atoms. The summed E-state index contributed by atoms with van der Waals surface area (Å²) in [6.07, 6.45) is -1.31. The van der Waals surface area contributed by atoms with Gasteiger partial charge in [-0.2, -0.15) is 13.2 Å². The number of piperidine rings is 1. The molecule has 0 atom stereocenters. The number of aromatic nitrogens is 4. The fraction of sp³-hybridized carbons (Fsp3) is 0.560. The van der Waals surface area contributed by atoms with Crippen LogP contribution in [0.3, 0.4) is 0 Å². The Morgan fingerprint density at radius 2 is 1.81 bits per heavy atom. The van der Waals surface area contributed by atoms with Crippen molar-refractivity contribution < 1.29 is 17.9 Å². The molecule has 2 aliphatic rings. The number of likely N-dealkylation sites (tertiary alicyclic amines) is 1. The molecule has 12 heteroatoms. The molecule has 2 fully saturated rings. The second-order valence-corrected chi connectivity index (χ2v) is 10.0. The van der Waals surface area contributed by atoms with Crippen LogP contribution in [0.25, 0.3) is 16.9 Å². The van der Waals surface area contributed by atoms with Crippen molar-refractivity contribution >= 4 is 17.2 Å². The van der Waals surface area contributed by atoms with Gasteiger partial charge in [0.05, 0.1) is 24.3 Å². The average molecular weight is 519 g/mol. The van der Waals surface area contributed by atoms with E-state index in [1.54, 1.807) is 4.52 Å². The molecule has 0 unspecified atom stereocenters. The molecule has 0 saturated carbocycles. The monoisotopic (exact) mass is 518 g/mol. The van der Waals surface area contributed by atoms with E-state index in [0.717, 1.165) is 61.5 Å². The van der Waals surface area contributed by atoms with E-state index >= 15 is 0 Å². The van der Waals surface area contributed by atoms with Crippen LogP contribution in [0, 0.1) is 6.92 Å². The van der Waals surface area contributed by atoms with E-state index in [1.807, 2.05) is 11.8 Å². The first-order valence-electron chi connectivity index (χ1n) is 12.6. The highest BCUT2D eigenvalue weighted by atomic mass is 19.4. The summed E-state index contributed by atoms with van der Waals surface area (Å²) in [5, 5.41) is 4.59.